The second kappa shape index (κ2) is 3.30. The standard InChI is InChI=1S/C11H8N4O/c12-10-7-5-9(8-3-1-2-4-13-8)16-11(7)15-6-14-10/h1-6H,(H2,12,14,15). The maximum atomic E-state index is 5.72. The minimum atomic E-state index is 0.413. The highest BCUT2D eigenvalue weighted by Crippen LogP contribution is 2.27. The lowest BCUT2D eigenvalue weighted by Crippen LogP contribution is -1.89. The van der Waals surface area contributed by atoms with Gasteiger partial charge in [-0.2, -0.15) is 0 Å². The molecule has 3 aromatic rings. The summed E-state index contributed by atoms with van der Waals surface area (Å²) in [6, 6.07) is 7.40. The number of aromatic nitrogens is 3. The molecule has 5 nitrogen and oxygen atoms in total. The summed E-state index contributed by atoms with van der Waals surface area (Å²) in [4.78, 5) is 12.1. The van der Waals surface area contributed by atoms with Gasteiger partial charge >= 0.3 is 0 Å². The summed E-state index contributed by atoms with van der Waals surface area (Å²) in [5.74, 6) is 1.05. The molecule has 0 unspecified atom stereocenters. The number of nitrogens with two attached hydrogens (primary N) is 1. The Morgan fingerprint density at radius 3 is 2.81 bits per heavy atom. The molecule has 3 aromatic heterocycles. The topological polar surface area (TPSA) is 77.8 Å². The Labute approximate surface area is 91.0 Å². The molecule has 3 rings (SSSR count). The largest absolute Gasteiger partial charge is 0.436 e. The number of fused-ring (bicyclic) bond motifs is 1. The number of furan rings is 1. The molecule has 0 radical (unpaired) electrons. The van der Waals surface area contributed by atoms with Crippen LogP contribution in [0.15, 0.2) is 41.2 Å². The molecule has 0 spiro atoms. The van der Waals surface area contributed by atoms with E-state index >= 15 is 0 Å². The van der Waals surface area contributed by atoms with E-state index < -0.39 is 0 Å². The summed E-state index contributed by atoms with van der Waals surface area (Å²) in [7, 11) is 0. The van der Waals surface area contributed by atoms with Crippen LogP contribution in [-0.2, 0) is 0 Å². The fourth-order valence-electron chi connectivity index (χ4n) is 1.51. The van der Waals surface area contributed by atoms with Crippen LogP contribution in [0.2, 0.25) is 0 Å². The fraction of sp³-hybridized carbons (Fsp3) is 0. The molecule has 0 aromatic carbocycles. The van der Waals surface area contributed by atoms with Crippen molar-refractivity contribution in [3.63, 3.8) is 0 Å². The molecule has 78 valence electrons. The number of pyridine rings is 1. The van der Waals surface area contributed by atoms with Gasteiger partial charge in [0.1, 0.15) is 17.8 Å². The van der Waals surface area contributed by atoms with Crippen LogP contribution in [0.25, 0.3) is 22.6 Å². The maximum Gasteiger partial charge on any atom is 0.231 e. The molecule has 16 heavy (non-hydrogen) atoms. The van der Waals surface area contributed by atoms with E-state index in [1.165, 1.54) is 6.33 Å². The highest BCUT2D eigenvalue weighted by atomic mass is 16.3. The third-order valence-corrected chi connectivity index (χ3v) is 2.28. The van der Waals surface area contributed by atoms with Crippen molar-refractivity contribution >= 4 is 16.9 Å². The zero-order chi connectivity index (χ0) is 11.0. The summed E-state index contributed by atoms with van der Waals surface area (Å²) in [5.41, 5.74) is 6.95. The average Bonchev–Trinajstić information content (AvgIpc) is 2.76. The Kier molecular flexibility index (Phi) is 1.83. The second-order valence-corrected chi connectivity index (χ2v) is 3.30. The van der Waals surface area contributed by atoms with Crippen LogP contribution < -0.4 is 5.73 Å². The average molecular weight is 212 g/mol. The van der Waals surface area contributed by atoms with E-state index in [4.69, 9.17) is 10.2 Å². The van der Waals surface area contributed by atoms with Crippen molar-refractivity contribution in [2.45, 2.75) is 0 Å². The van der Waals surface area contributed by atoms with E-state index in [2.05, 4.69) is 15.0 Å². The zero-order valence-electron chi connectivity index (χ0n) is 8.29. The van der Waals surface area contributed by atoms with Crippen LogP contribution in [0, 0.1) is 0 Å². The van der Waals surface area contributed by atoms with Crippen LogP contribution in [0.5, 0.6) is 0 Å². The van der Waals surface area contributed by atoms with Crippen LogP contribution in [0.1, 0.15) is 0 Å². The Balaban J connectivity index is 2.23. The number of anilines is 1. The monoisotopic (exact) mass is 212 g/mol. The SMILES string of the molecule is Nc1ncnc2oc(-c3ccccn3)cc12. The number of rotatable bonds is 1. The van der Waals surface area contributed by atoms with Crippen molar-refractivity contribution < 1.29 is 4.42 Å². The first-order valence-electron chi connectivity index (χ1n) is 4.76. The lowest BCUT2D eigenvalue weighted by atomic mass is 10.2. The first-order chi connectivity index (χ1) is 7.84. The molecule has 0 saturated heterocycles. The predicted octanol–water partition coefficient (Wildman–Crippen LogP) is 1.87. The third kappa shape index (κ3) is 1.30. The van der Waals surface area contributed by atoms with E-state index in [-0.39, 0.29) is 0 Å². The molecule has 0 aliphatic heterocycles. The summed E-state index contributed by atoms with van der Waals surface area (Å²) in [5, 5.41) is 0.711. The van der Waals surface area contributed by atoms with E-state index in [9.17, 15) is 0 Å². The molecule has 0 aliphatic carbocycles. The molecule has 0 fully saturated rings. The van der Waals surface area contributed by atoms with Gasteiger partial charge in [0.05, 0.1) is 5.39 Å². The van der Waals surface area contributed by atoms with Crippen molar-refractivity contribution in [3.8, 4) is 11.5 Å². The molecule has 0 amide bonds. The van der Waals surface area contributed by atoms with Gasteiger partial charge in [0.2, 0.25) is 5.71 Å². The number of hydrogen-bond acceptors (Lipinski definition) is 5. The highest BCUT2D eigenvalue weighted by molar-refractivity contribution is 5.87. The highest BCUT2D eigenvalue weighted by Gasteiger charge is 2.10. The van der Waals surface area contributed by atoms with Crippen molar-refractivity contribution in [2.24, 2.45) is 0 Å². The van der Waals surface area contributed by atoms with Gasteiger partial charge in [0, 0.05) is 6.20 Å². The predicted molar refractivity (Wildman–Crippen MR) is 59.4 cm³/mol. The molecular formula is C11H8N4O. The molecule has 5 heteroatoms. The van der Waals surface area contributed by atoms with Crippen molar-refractivity contribution in [1.29, 1.82) is 0 Å². The maximum absolute atomic E-state index is 5.72. The van der Waals surface area contributed by atoms with E-state index in [0.717, 1.165) is 5.69 Å². The fourth-order valence-corrected chi connectivity index (χ4v) is 1.51. The lowest BCUT2D eigenvalue weighted by molar-refractivity contribution is 0.615. The summed E-state index contributed by atoms with van der Waals surface area (Å²) < 4.78 is 5.54. The van der Waals surface area contributed by atoms with Gasteiger partial charge in [0.15, 0.2) is 5.76 Å². The zero-order valence-corrected chi connectivity index (χ0v) is 8.29. The molecular weight excluding hydrogens is 204 g/mol. The molecule has 0 aliphatic rings. The van der Waals surface area contributed by atoms with Crippen LogP contribution in [0.3, 0.4) is 0 Å². The van der Waals surface area contributed by atoms with Gasteiger partial charge in [-0.1, -0.05) is 6.07 Å². The van der Waals surface area contributed by atoms with E-state index in [1.54, 1.807) is 12.3 Å². The van der Waals surface area contributed by atoms with Crippen molar-refractivity contribution in [2.75, 3.05) is 5.73 Å². The Bertz CT molecular complexity index is 633. The number of hydrogen-bond donors (Lipinski definition) is 1. The Morgan fingerprint density at radius 1 is 1.12 bits per heavy atom. The smallest absolute Gasteiger partial charge is 0.231 e. The molecule has 0 saturated carbocycles. The van der Waals surface area contributed by atoms with Crippen LogP contribution >= 0.6 is 0 Å². The molecule has 0 atom stereocenters. The molecule has 3 heterocycles. The van der Waals surface area contributed by atoms with Crippen molar-refractivity contribution in [3.05, 3.63) is 36.8 Å². The van der Waals surface area contributed by atoms with Gasteiger partial charge in [-0.25, -0.2) is 9.97 Å². The van der Waals surface area contributed by atoms with Gasteiger partial charge in [-0.3, -0.25) is 4.98 Å². The van der Waals surface area contributed by atoms with Gasteiger partial charge < -0.3 is 10.2 Å². The lowest BCUT2D eigenvalue weighted by Gasteiger charge is -1.91. The summed E-state index contributed by atoms with van der Waals surface area (Å²) >= 11 is 0. The second-order valence-electron chi connectivity index (χ2n) is 3.30. The van der Waals surface area contributed by atoms with Crippen LogP contribution in [-0.4, -0.2) is 15.0 Å². The van der Waals surface area contributed by atoms with E-state index in [0.29, 0.717) is 22.7 Å². The van der Waals surface area contributed by atoms with Gasteiger partial charge in [0.25, 0.3) is 0 Å². The normalized spacial score (nSPS) is 10.8. The van der Waals surface area contributed by atoms with E-state index in [1.807, 2.05) is 18.2 Å². The van der Waals surface area contributed by atoms with Crippen LogP contribution in [0.4, 0.5) is 5.82 Å². The Morgan fingerprint density at radius 2 is 2.06 bits per heavy atom. The minimum absolute atomic E-state index is 0.413. The molecule has 2 N–H and O–H groups in total. The first-order valence-corrected chi connectivity index (χ1v) is 4.76. The quantitative estimate of drug-likeness (QED) is 0.666. The summed E-state index contributed by atoms with van der Waals surface area (Å²) in [6.45, 7) is 0. The number of nitrogen functional groups attached to an aromatic ring is 1. The molecule has 0 bridgehead atoms. The first kappa shape index (κ1) is 8.84. The summed E-state index contributed by atoms with van der Waals surface area (Å²) in [6.07, 6.45) is 3.08. The number of nitrogens with zero attached hydrogens (tertiary/aromatic N) is 3. The van der Waals surface area contributed by atoms with Crippen molar-refractivity contribution in [1.82, 2.24) is 15.0 Å². The van der Waals surface area contributed by atoms with Gasteiger partial charge in [-0.15, -0.1) is 0 Å². The minimum Gasteiger partial charge on any atom is -0.436 e. The Hall–Kier alpha value is -2.43. The third-order valence-electron chi connectivity index (χ3n) is 2.28. The van der Waals surface area contributed by atoms with Gasteiger partial charge in [-0.05, 0) is 18.2 Å².